The number of carbonyl (C=O) groups is 15. The number of carboxylic acids is 1. The van der Waals surface area contributed by atoms with Gasteiger partial charge in [-0.3, -0.25) is 77.3 Å². The van der Waals surface area contributed by atoms with Crippen LogP contribution in [0.4, 0.5) is 0 Å². The van der Waals surface area contributed by atoms with Crippen molar-refractivity contribution >= 4 is 118 Å². The molecule has 1 aliphatic heterocycles. The number of carbonyl (C=O) groups excluding carboxylic acids is 14. The summed E-state index contributed by atoms with van der Waals surface area (Å²) in [5.74, 6) is -15.0. The number of amides is 14. The molecule has 0 saturated carbocycles. The standard InChI is InChI=1S/C79H113N21O19S/c1-4-5-18-52(92-76(117)61(42-102)98-73(114)57(35-46-23-25-49(103)26-24-46)95-75(116)60(41-101)90-63(104)29-33-120)69(110)93-54(27-28-65(106)107)71(112)97-59(37-48-39-84-43-88-48)74(115)94-56(34-45-15-7-6-8-16-45)72(113)91-53(21-13-31-85-79(82)83)70(111)96-58(36-47-38-86-51-19-10-9-17-50(47)51)68(109)87-40-64(105)89-55(20-11-12-30-80)78(119)100-32-14-22-62(100)77(118)99-66(44(2)3)67(81)108/h6-10,15-17,19,23-26,38-39,43-44,52-62,66,86,101-103,120H,4-5,11-14,18,20-22,27-37,40-42,80H2,1-3H3,(H2,81,108)(H,84,88)(H,87,109)(H,89,105)(H,90,104)(H,91,113)(H,92,117)(H,93,110)(H,94,115)(H,95,116)(H,96,111)(H,97,112)(H,98,114)(H,99,118)(H,106,107)(H4,82,83,85)/t52-,53-,54-,55-,56+,57-,58-,59-,60-,61-,62-,66-/m0/s1. The third-order valence-electron chi connectivity index (χ3n) is 19.7. The normalized spacial score (nSPS) is 15.2. The van der Waals surface area contributed by atoms with E-state index in [1.807, 2.05) is 0 Å². The van der Waals surface area contributed by atoms with Crippen LogP contribution in [0.5, 0.6) is 5.75 Å². The number of hydrogen-bond acceptors (Lipinski definition) is 22. The zero-order valence-electron chi connectivity index (χ0n) is 67.2. The first-order valence-electron chi connectivity index (χ1n) is 39.7. The molecule has 26 N–H and O–H groups in total. The number of thiol groups is 1. The Balaban J connectivity index is 1.25. The van der Waals surface area contributed by atoms with E-state index in [0.717, 1.165) is 0 Å². The van der Waals surface area contributed by atoms with Crippen LogP contribution in [-0.4, -0.2) is 253 Å². The lowest BCUT2D eigenvalue weighted by atomic mass is 10.0. The number of primary amides is 1. The molecule has 120 heavy (non-hydrogen) atoms. The van der Waals surface area contributed by atoms with Crippen LogP contribution < -0.4 is 86.3 Å². The number of aliphatic hydroxyl groups excluding tert-OH is 2. The molecular formula is C79H113N21O19S. The van der Waals surface area contributed by atoms with Crippen LogP contribution in [0.15, 0.2) is 97.6 Å². The number of para-hydroxylation sites is 1. The van der Waals surface area contributed by atoms with E-state index in [1.54, 1.807) is 81.6 Å². The van der Waals surface area contributed by atoms with Crippen molar-refractivity contribution in [2.45, 2.75) is 202 Å². The first-order chi connectivity index (χ1) is 57.4. The Morgan fingerprint density at radius 3 is 1.61 bits per heavy atom. The highest BCUT2D eigenvalue weighted by atomic mass is 32.1. The number of phenols is 1. The number of fused-ring (bicyclic) bond motifs is 1. The quantitative estimate of drug-likeness (QED) is 0.00768. The largest absolute Gasteiger partial charge is 0.508 e. The second-order valence-corrected chi connectivity index (χ2v) is 29.8. The molecule has 0 aliphatic carbocycles. The molecule has 40 nitrogen and oxygen atoms in total. The van der Waals surface area contributed by atoms with Crippen LogP contribution in [0.25, 0.3) is 10.9 Å². The Bertz CT molecular complexity index is 4290. The fraction of sp³-hybridized carbons (Fsp3) is 0.506. The van der Waals surface area contributed by atoms with Gasteiger partial charge in [0.1, 0.15) is 78.3 Å². The second kappa shape index (κ2) is 49.9. The van der Waals surface area contributed by atoms with Crippen LogP contribution in [0.1, 0.15) is 127 Å². The zero-order chi connectivity index (χ0) is 88.0. The number of likely N-dealkylation sites (tertiary alicyclic amines) is 1. The monoisotopic (exact) mass is 1690 g/mol. The minimum atomic E-state index is -1.84. The number of imidazole rings is 1. The van der Waals surface area contributed by atoms with Gasteiger partial charge in [-0.05, 0) is 111 Å². The van der Waals surface area contributed by atoms with Gasteiger partial charge in [-0.1, -0.05) is 94.3 Å². The van der Waals surface area contributed by atoms with Crippen LogP contribution >= 0.6 is 12.6 Å². The lowest BCUT2D eigenvalue weighted by molar-refractivity contribution is -0.142. The first-order valence-corrected chi connectivity index (χ1v) is 40.4. The second-order valence-electron chi connectivity index (χ2n) is 29.3. The summed E-state index contributed by atoms with van der Waals surface area (Å²) >= 11 is 4.01. The third-order valence-corrected chi connectivity index (χ3v) is 20.0. The number of phenolic OH excluding ortho intramolecular Hbond substituents is 1. The summed E-state index contributed by atoms with van der Waals surface area (Å²) in [6, 6.07) is 2.90. The predicted octanol–water partition coefficient (Wildman–Crippen LogP) is -3.80. The van der Waals surface area contributed by atoms with Gasteiger partial charge in [0.05, 0.1) is 31.8 Å². The molecule has 3 heterocycles. The van der Waals surface area contributed by atoms with Crippen molar-refractivity contribution in [1.29, 1.82) is 5.41 Å². The highest BCUT2D eigenvalue weighted by molar-refractivity contribution is 7.80. The van der Waals surface area contributed by atoms with Crippen molar-refractivity contribution in [2.75, 3.05) is 45.1 Å². The van der Waals surface area contributed by atoms with E-state index in [9.17, 15) is 78.0 Å². The van der Waals surface area contributed by atoms with Gasteiger partial charge >= 0.3 is 5.97 Å². The Labute approximate surface area is 698 Å². The Hall–Kier alpha value is -12.2. The Morgan fingerprint density at radius 2 is 1.07 bits per heavy atom. The highest BCUT2D eigenvalue weighted by Crippen LogP contribution is 2.23. The van der Waals surface area contributed by atoms with Crippen molar-refractivity contribution in [2.24, 2.45) is 23.1 Å². The van der Waals surface area contributed by atoms with Crippen molar-refractivity contribution in [3.63, 3.8) is 0 Å². The molecule has 5 aromatic rings. The van der Waals surface area contributed by atoms with Gasteiger partial charge in [0, 0.05) is 74.9 Å². The highest BCUT2D eigenvalue weighted by Gasteiger charge is 2.41. The number of hydrogen-bond donors (Lipinski definition) is 24. The minimum Gasteiger partial charge on any atom is -0.508 e. The Kier molecular flexibility index (Phi) is 40.1. The number of aromatic amines is 2. The lowest BCUT2D eigenvalue weighted by Gasteiger charge is -2.30. The fourth-order valence-electron chi connectivity index (χ4n) is 13.2. The fourth-order valence-corrected chi connectivity index (χ4v) is 13.4. The predicted molar refractivity (Wildman–Crippen MR) is 440 cm³/mol. The number of aliphatic hydroxyl groups is 2. The summed E-state index contributed by atoms with van der Waals surface area (Å²) in [6.45, 7) is 2.85. The number of aromatic hydroxyl groups is 1. The topological polar surface area (TPSA) is 643 Å². The van der Waals surface area contributed by atoms with Crippen molar-refractivity contribution in [3.05, 3.63) is 120 Å². The smallest absolute Gasteiger partial charge is 0.303 e. The molecule has 1 fully saturated rings. The molecule has 654 valence electrons. The van der Waals surface area contributed by atoms with Gasteiger partial charge in [0.15, 0.2) is 5.96 Å². The summed E-state index contributed by atoms with van der Waals surface area (Å²) in [6.07, 6.45) is 3.59. The number of nitrogens with one attached hydrogen (secondary N) is 16. The van der Waals surface area contributed by atoms with E-state index in [0.29, 0.717) is 53.3 Å². The molecule has 0 spiro atoms. The van der Waals surface area contributed by atoms with Gasteiger partial charge < -0.3 is 122 Å². The maximum absolute atomic E-state index is 15.2. The van der Waals surface area contributed by atoms with Gasteiger partial charge in [0.25, 0.3) is 0 Å². The number of rotatable bonds is 52. The molecule has 41 heteroatoms. The molecule has 1 saturated heterocycles. The maximum atomic E-state index is 15.2. The number of H-pyrrole nitrogens is 2. The van der Waals surface area contributed by atoms with Gasteiger partial charge in [-0.2, -0.15) is 12.6 Å². The third kappa shape index (κ3) is 31.6. The van der Waals surface area contributed by atoms with E-state index in [2.05, 4.69) is 96.7 Å². The summed E-state index contributed by atoms with van der Waals surface area (Å²) in [7, 11) is 0. The molecule has 0 radical (unpaired) electrons. The first kappa shape index (κ1) is 96.6. The van der Waals surface area contributed by atoms with Crippen molar-refractivity contribution in [3.8, 4) is 5.75 Å². The number of benzene rings is 3. The van der Waals surface area contributed by atoms with Crippen molar-refractivity contribution in [1.82, 2.24) is 89.0 Å². The molecule has 1 aliphatic rings. The molecule has 3 aromatic carbocycles. The van der Waals surface area contributed by atoms with E-state index >= 15 is 14.4 Å². The number of unbranched alkanes of at least 4 members (excludes halogenated alkanes) is 2. The lowest BCUT2D eigenvalue weighted by Crippen LogP contribution is -2.61. The van der Waals surface area contributed by atoms with Crippen LogP contribution in [-0.2, 0) is 97.6 Å². The summed E-state index contributed by atoms with van der Waals surface area (Å²) in [5, 5.41) is 82.3. The molecule has 0 bridgehead atoms. The maximum Gasteiger partial charge on any atom is 0.303 e. The van der Waals surface area contributed by atoms with Crippen LogP contribution in [0.2, 0.25) is 0 Å². The van der Waals surface area contributed by atoms with E-state index in [-0.39, 0.29) is 107 Å². The number of carboxylic acid groups (broad SMARTS) is 1. The molecule has 0 unspecified atom stereocenters. The summed E-state index contributed by atoms with van der Waals surface area (Å²) in [5.41, 5.74) is 19.2. The zero-order valence-corrected chi connectivity index (χ0v) is 68.1. The van der Waals surface area contributed by atoms with Crippen LogP contribution in [0.3, 0.4) is 0 Å². The number of nitrogens with zero attached hydrogens (tertiary/aromatic N) is 2. The number of guanidine groups is 1. The number of nitrogens with two attached hydrogens (primary N) is 3. The van der Waals surface area contributed by atoms with Crippen LogP contribution in [0, 0.1) is 11.3 Å². The van der Waals surface area contributed by atoms with Gasteiger partial charge in [-0.15, -0.1) is 0 Å². The van der Waals surface area contributed by atoms with Gasteiger partial charge in [-0.25, -0.2) is 4.98 Å². The van der Waals surface area contributed by atoms with E-state index in [1.165, 1.54) is 41.7 Å². The average Bonchev–Trinajstić information content (AvgIpc) is 1.51. The Morgan fingerprint density at radius 1 is 0.558 bits per heavy atom. The van der Waals surface area contributed by atoms with E-state index < -0.39 is 206 Å². The minimum absolute atomic E-state index is 0.00567. The number of aliphatic carboxylic acids is 1. The molecule has 6 rings (SSSR count). The van der Waals surface area contributed by atoms with Gasteiger partial charge in [0.2, 0.25) is 82.7 Å². The average molecular weight is 1690 g/mol. The van der Waals surface area contributed by atoms with Crippen molar-refractivity contribution < 1.29 is 92.3 Å². The SMILES string of the molecule is CCCC[C@H](NC(=O)[C@H](CO)NC(=O)[C@H](Cc1ccc(O)cc1)NC(=O)[C@H](CO)NC(=O)CCS)C(=O)N[C@@H](CCC(=O)O)C(=O)N[C@@H](Cc1c[nH]cn1)C(=O)N[C@H](Cc1ccccc1)C(=O)N[C@@H](CCCNC(=N)N)C(=O)N[C@@H](Cc1c[nH]c2ccccc12)C(=O)NCC(=O)N[C@@H](CCCCN)C(=O)N1CCC[C@H]1C(=O)N[C@H](C(N)=O)C(C)C. The van der Waals surface area contributed by atoms with E-state index in [4.69, 9.17) is 22.6 Å². The molecule has 14 amide bonds. The summed E-state index contributed by atoms with van der Waals surface area (Å²) < 4.78 is 0. The molecular weight excluding hydrogens is 1580 g/mol. The molecule has 12 atom stereocenters. The number of aromatic nitrogens is 3. The summed E-state index contributed by atoms with van der Waals surface area (Å²) in [4.78, 5) is 221. The molecule has 2 aromatic heterocycles.